The van der Waals surface area contributed by atoms with Crippen molar-refractivity contribution in [2.24, 2.45) is 17.4 Å². The highest BCUT2D eigenvalue weighted by Gasteiger charge is 2.26. The lowest BCUT2D eigenvalue weighted by molar-refractivity contribution is 0.100. The molecule has 0 heterocycles. The van der Waals surface area contributed by atoms with Crippen LogP contribution >= 0.6 is 0 Å². The van der Waals surface area contributed by atoms with Crippen LogP contribution in [0.25, 0.3) is 0 Å². The maximum atomic E-state index is 13.7. The minimum Gasteiger partial charge on any atom is -0.380 e. The smallest absolute Gasteiger partial charge is 0.248 e. The molecular weight excluding hydrogens is 233 g/mol. The number of halogens is 1. The van der Waals surface area contributed by atoms with E-state index in [1.54, 1.807) is 0 Å². The second-order valence-electron chi connectivity index (χ2n) is 4.74. The SMILES string of the molecule is NCC1CCCC1Nc1cc(C(N)=O)ccc1F. The number of anilines is 1. The molecule has 4 nitrogen and oxygen atoms in total. The zero-order chi connectivity index (χ0) is 13.1. The van der Waals surface area contributed by atoms with Gasteiger partial charge in [-0.05, 0) is 43.5 Å². The average molecular weight is 251 g/mol. The maximum Gasteiger partial charge on any atom is 0.248 e. The normalized spacial score (nSPS) is 23.0. The van der Waals surface area contributed by atoms with Gasteiger partial charge in [0.15, 0.2) is 0 Å². The van der Waals surface area contributed by atoms with Crippen molar-refractivity contribution in [3.63, 3.8) is 0 Å². The molecular formula is C13H18FN3O. The molecule has 1 saturated carbocycles. The third-order valence-electron chi connectivity index (χ3n) is 3.55. The molecule has 5 heteroatoms. The highest BCUT2D eigenvalue weighted by atomic mass is 19.1. The molecule has 2 atom stereocenters. The highest BCUT2D eigenvalue weighted by Crippen LogP contribution is 2.29. The van der Waals surface area contributed by atoms with E-state index in [-0.39, 0.29) is 11.9 Å². The molecule has 98 valence electrons. The van der Waals surface area contributed by atoms with E-state index in [9.17, 15) is 9.18 Å². The van der Waals surface area contributed by atoms with Gasteiger partial charge < -0.3 is 16.8 Å². The fourth-order valence-corrected chi connectivity index (χ4v) is 2.50. The molecule has 0 spiro atoms. The summed E-state index contributed by atoms with van der Waals surface area (Å²) >= 11 is 0. The lowest BCUT2D eigenvalue weighted by atomic mass is 10.0. The molecule has 0 aromatic heterocycles. The second-order valence-corrected chi connectivity index (χ2v) is 4.74. The van der Waals surface area contributed by atoms with Gasteiger partial charge in [0.25, 0.3) is 0 Å². The van der Waals surface area contributed by atoms with E-state index >= 15 is 0 Å². The predicted octanol–water partition coefficient (Wildman–Crippen LogP) is 1.46. The van der Waals surface area contributed by atoms with Crippen LogP contribution < -0.4 is 16.8 Å². The molecule has 0 radical (unpaired) electrons. The number of amides is 1. The fourth-order valence-electron chi connectivity index (χ4n) is 2.50. The van der Waals surface area contributed by atoms with Crippen molar-refractivity contribution in [3.8, 4) is 0 Å². The number of hydrogen-bond donors (Lipinski definition) is 3. The summed E-state index contributed by atoms with van der Waals surface area (Å²) in [5.41, 5.74) is 11.5. The summed E-state index contributed by atoms with van der Waals surface area (Å²) in [7, 11) is 0. The molecule has 1 aromatic rings. The summed E-state index contributed by atoms with van der Waals surface area (Å²) in [5.74, 6) is -0.566. The zero-order valence-electron chi connectivity index (χ0n) is 10.2. The van der Waals surface area contributed by atoms with Crippen molar-refractivity contribution in [3.05, 3.63) is 29.6 Å². The Kier molecular flexibility index (Phi) is 3.81. The van der Waals surface area contributed by atoms with E-state index in [0.29, 0.717) is 23.7 Å². The van der Waals surface area contributed by atoms with Crippen LogP contribution in [0, 0.1) is 11.7 Å². The molecule has 0 saturated heterocycles. The summed E-state index contributed by atoms with van der Waals surface area (Å²) in [6.45, 7) is 0.592. The Bertz CT molecular complexity index is 450. The number of nitrogens with one attached hydrogen (secondary N) is 1. The molecule has 1 aliphatic rings. The molecule has 5 N–H and O–H groups in total. The van der Waals surface area contributed by atoms with Crippen molar-refractivity contribution < 1.29 is 9.18 Å². The van der Waals surface area contributed by atoms with Gasteiger partial charge in [0.05, 0.1) is 5.69 Å². The summed E-state index contributed by atoms with van der Waals surface area (Å²) in [6, 6.07) is 4.28. The molecule has 2 rings (SSSR count). The van der Waals surface area contributed by atoms with E-state index in [1.165, 1.54) is 18.2 Å². The van der Waals surface area contributed by atoms with Crippen molar-refractivity contribution in [1.82, 2.24) is 0 Å². The van der Waals surface area contributed by atoms with Crippen LogP contribution in [0.3, 0.4) is 0 Å². The first-order valence-electron chi connectivity index (χ1n) is 6.17. The van der Waals surface area contributed by atoms with Crippen molar-refractivity contribution >= 4 is 11.6 Å². The van der Waals surface area contributed by atoms with Gasteiger partial charge in [0.1, 0.15) is 5.82 Å². The van der Waals surface area contributed by atoms with Crippen LogP contribution in [0.15, 0.2) is 18.2 Å². The fraction of sp³-hybridized carbons (Fsp3) is 0.462. The number of carbonyl (C=O) groups excluding carboxylic acids is 1. The number of carbonyl (C=O) groups is 1. The van der Waals surface area contributed by atoms with Crippen LogP contribution in [0.1, 0.15) is 29.6 Å². The van der Waals surface area contributed by atoms with Gasteiger partial charge in [-0.2, -0.15) is 0 Å². The summed E-state index contributed by atoms with van der Waals surface area (Å²) in [4.78, 5) is 11.1. The quantitative estimate of drug-likeness (QED) is 0.757. The number of rotatable bonds is 4. The Morgan fingerprint density at radius 2 is 2.22 bits per heavy atom. The lowest BCUT2D eigenvalue weighted by Crippen LogP contribution is -2.30. The molecule has 0 bridgehead atoms. The van der Waals surface area contributed by atoms with Crippen molar-refractivity contribution in [1.29, 1.82) is 0 Å². The molecule has 1 fully saturated rings. The molecule has 1 aromatic carbocycles. The minimum atomic E-state index is -0.556. The minimum absolute atomic E-state index is 0.174. The van der Waals surface area contributed by atoms with Crippen LogP contribution in [-0.2, 0) is 0 Å². The monoisotopic (exact) mass is 251 g/mol. The van der Waals surface area contributed by atoms with E-state index in [4.69, 9.17) is 11.5 Å². The van der Waals surface area contributed by atoms with Crippen LogP contribution in [0.2, 0.25) is 0 Å². The second kappa shape index (κ2) is 5.35. The first kappa shape index (κ1) is 12.8. The number of hydrogen-bond acceptors (Lipinski definition) is 3. The zero-order valence-corrected chi connectivity index (χ0v) is 10.2. The first-order valence-corrected chi connectivity index (χ1v) is 6.17. The van der Waals surface area contributed by atoms with Crippen LogP contribution in [-0.4, -0.2) is 18.5 Å². The molecule has 0 aliphatic heterocycles. The van der Waals surface area contributed by atoms with Crippen molar-refractivity contribution in [2.75, 3.05) is 11.9 Å². The number of benzene rings is 1. The predicted molar refractivity (Wildman–Crippen MR) is 68.7 cm³/mol. The van der Waals surface area contributed by atoms with Crippen LogP contribution in [0.4, 0.5) is 10.1 Å². The van der Waals surface area contributed by atoms with Gasteiger partial charge in [-0.15, -0.1) is 0 Å². The Labute approximate surface area is 106 Å². The topological polar surface area (TPSA) is 81.1 Å². The van der Waals surface area contributed by atoms with Gasteiger partial charge in [-0.25, -0.2) is 4.39 Å². The van der Waals surface area contributed by atoms with Gasteiger partial charge in [0, 0.05) is 11.6 Å². The Morgan fingerprint density at radius 3 is 2.89 bits per heavy atom. The average Bonchev–Trinajstić information content (AvgIpc) is 2.79. The van der Waals surface area contributed by atoms with Gasteiger partial charge in [0.2, 0.25) is 5.91 Å². The van der Waals surface area contributed by atoms with Gasteiger partial charge in [-0.3, -0.25) is 4.79 Å². The highest BCUT2D eigenvalue weighted by molar-refractivity contribution is 5.93. The molecule has 18 heavy (non-hydrogen) atoms. The summed E-state index contributed by atoms with van der Waals surface area (Å²) in [6.07, 6.45) is 3.13. The summed E-state index contributed by atoms with van der Waals surface area (Å²) < 4.78 is 13.7. The van der Waals surface area contributed by atoms with E-state index in [0.717, 1.165) is 19.3 Å². The Hall–Kier alpha value is -1.62. The largest absolute Gasteiger partial charge is 0.380 e. The van der Waals surface area contributed by atoms with Gasteiger partial charge >= 0.3 is 0 Å². The van der Waals surface area contributed by atoms with E-state index in [2.05, 4.69) is 5.32 Å². The lowest BCUT2D eigenvalue weighted by Gasteiger charge is -2.21. The van der Waals surface area contributed by atoms with E-state index in [1.807, 2.05) is 0 Å². The van der Waals surface area contributed by atoms with Crippen LogP contribution in [0.5, 0.6) is 0 Å². The number of primary amides is 1. The third kappa shape index (κ3) is 2.61. The number of nitrogens with two attached hydrogens (primary N) is 2. The Balaban J connectivity index is 2.17. The molecule has 1 aliphatic carbocycles. The third-order valence-corrected chi connectivity index (χ3v) is 3.55. The summed E-state index contributed by atoms with van der Waals surface area (Å²) in [5, 5.41) is 3.14. The van der Waals surface area contributed by atoms with Crippen molar-refractivity contribution in [2.45, 2.75) is 25.3 Å². The maximum absolute atomic E-state index is 13.7. The Morgan fingerprint density at radius 1 is 1.44 bits per heavy atom. The molecule has 2 unspecified atom stereocenters. The van der Waals surface area contributed by atoms with Gasteiger partial charge in [-0.1, -0.05) is 6.42 Å². The first-order chi connectivity index (χ1) is 8.61. The van der Waals surface area contributed by atoms with E-state index < -0.39 is 5.91 Å². The molecule has 1 amide bonds. The standard InChI is InChI=1S/C13H18FN3O/c14-10-5-4-8(13(16)18)6-12(10)17-11-3-1-2-9(11)7-15/h4-6,9,11,17H,1-3,7,15H2,(H2,16,18).